The van der Waals surface area contributed by atoms with Gasteiger partial charge in [-0.2, -0.15) is 13.2 Å². The van der Waals surface area contributed by atoms with Crippen LogP contribution in [0.1, 0.15) is 16.1 Å². The lowest BCUT2D eigenvalue weighted by atomic mass is 10.1. The van der Waals surface area contributed by atoms with Gasteiger partial charge in [0.2, 0.25) is 5.56 Å². The first-order valence-electron chi connectivity index (χ1n) is 5.75. The predicted octanol–water partition coefficient (Wildman–Crippen LogP) is 2.23. The SMILES string of the molecule is Nc1ccc(NC(=O)c2cccc(=O)[nH]2)cc1C(F)(F)F. The van der Waals surface area contributed by atoms with Gasteiger partial charge in [-0.1, -0.05) is 6.07 Å². The molecular weight excluding hydrogens is 287 g/mol. The fraction of sp³-hybridized carbons (Fsp3) is 0.0769. The van der Waals surface area contributed by atoms with Gasteiger partial charge < -0.3 is 16.0 Å². The van der Waals surface area contributed by atoms with Crippen LogP contribution >= 0.6 is 0 Å². The molecule has 1 amide bonds. The van der Waals surface area contributed by atoms with Crippen LogP contribution in [0.2, 0.25) is 0 Å². The Morgan fingerprint density at radius 3 is 2.52 bits per heavy atom. The molecule has 0 fully saturated rings. The van der Waals surface area contributed by atoms with E-state index in [1.807, 2.05) is 0 Å². The lowest BCUT2D eigenvalue weighted by Gasteiger charge is -2.12. The summed E-state index contributed by atoms with van der Waals surface area (Å²) in [6.45, 7) is 0. The van der Waals surface area contributed by atoms with Crippen LogP contribution in [0.15, 0.2) is 41.2 Å². The minimum Gasteiger partial charge on any atom is -0.398 e. The number of amides is 1. The largest absolute Gasteiger partial charge is 0.418 e. The zero-order chi connectivity index (χ0) is 15.6. The predicted molar refractivity (Wildman–Crippen MR) is 70.9 cm³/mol. The maximum absolute atomic E-state index is 12.7. The van der Waals surface area contributed by atoms with Gasteiger partial charge in [-0.15, -0.1) is 0 Å². The van der Waals surface area contributed by atoms with Crippen molar-refractivity contribution < 1.29 is 18.0 Å². The van der Waals surface area contributed by atoms with Crippen molar-refractivity contribution in [3.05, 3.63) is 58.0 Å². The number of nitrogen functional groups attached to an aromatic ring is 1. The number of carbonyl (C=O) groups is 1. The number of rotatable bonds is 2. The fourth-order valence-corrected chi connectivity index (χ4v) is 1.66. The molecule has 8 heteroatoms. The molecular formula is C13H10F3N3O2. The molecule has 21 heavy (non-hydrogen) atoms. The first-order chi connectivity index (χ1) is 9.77. The quantitative estimate of drug-likeness (QED) is 0.743. The van der Waals surface area contributed by atoms with E-state index in [1.54, 1.807) is 0 Å². The number of carbonyl (C=O) groups excluding carboxylic acids is 1. The van der Waals surface area contributed by atoms with Crippen LogP contribution in [0, 0.1) is 0 Å². The molecule has 1 heterocycles. The minimum absolute atomic E-state index is 0.0621. The van der Waals surface area contributed by atoms with Crippen molar-refractivity contribution in [1.82, 2.24) is 4.98 Å². The zero-order valence-corrected chi connectivity index (χ0v) is 10.5. The van der Waals surface area contributed by atoms with Crippen LogP contribution in [0.4, 0.5) is 24.5 Å². The number of aromatic amines is 1. The molecule has 2 rings (SSSR count). The van der Waals surface area contributed by atoms with Crippen LogP contribution in [0.25, 0.3) is 0 Å². The molecule has 0 saturated carbocycles. The molecule has 0 atom stereocenters. The Morgan fingerprint density at radius 2 is 1.90 bits per heavy atom. The van der Waals surface area contributed by atoms with E-state index >= 15 is 0 Å². The first kappa shape index (κ1) is 14.6. The number of benzene rings is 1. The Labute approximate surface area is 116 Å². The van der Waals surface area contributed by atoms with Crippen LogP contribution in [0.3, 0.4) is 0 Å². The summed E-state index contributed by atoms with van der Waals surface area (Å²) in [5.41, 5.74) is 3.15. The Hall–Kier alpha value is -2.77. The average Bonchev–Trinajstić information content (AvgIpc) is 2.39. The van der Waals surface area contributed by atoms with E-state index in [9.17, 15) is 22.8 Å². The summed E-state index contributed by atoms with van der Waals surface area (Å²) in [5.74, 6) is -0.731. The first-order valence-corrected chi connectivity index (χ1v) is 5.75. The second kappa shape index (κ2) is 5.31. The van der Waals surface area contributed by atoms with Gasteiger partial charge in [0, 0.05) is 17.4 Å². The third-order valence-corrected chi connectivity index (χ3v) is 2.63. The highest BCUT2D eigenvalue weighted by Crippen LogP contribution is 2.35. The van der Waals surface area contributed by atoms with E-state index in [-0.39, 0.29) is 11.4 Å². The van der Waals surface area contributed by atoms with Gasteiger partial charge in [-0.25, -0.2) is 0 Å². The van der Waals surface area contributed by atoms with Gasteiger partial charge in [0.05, 0.1) is 5.56 Å². The highest BCUT2D eigenvalue weighted by atomic mass is 19.4. The van der Waals surface area contributed by atoms with Crippen molar-refractivity contribution >= 4 is 17.3 Å². The van der Waals surface area contributed by atoms with Crippen LogP contribution < -0.4 is 16.6 Å². The van der Waals surface area contributed by atoms with Crippen molar-refractivity contribution in [2.24, 2.45) is 0 Å². The van der Waals surface area contributed by atoms with Crippen molar-refractivity contribution in [3.63, 3.8) is 0 Å². The summed E-state index contributed by atoms with van der Waals surface area (Å²) in [4.78, 5) is 25.2. The number of pyridine rings is 1. The molecule has 0 bridgehead atoms. The molecule has 0 radical (unpaired) electrons. The number of hydrogen-bond donors (Lipinski definition) is 3. The normalized spacial score (nSPS) is 11.2. The van der Waals surface area contributed by atoms with E-state index in [4.69, 9.17) is 5.73 Å². The lowest BCUT2D eigenvalue weighted by molar-refractivity contribution is -0.136. The third-order valence-electron chi connectivity index (χ3n) is 2.63. The molecule has 0 aliphatic heterocycles. The maximum atomic E-state index is 12.7. The number of halogens is 3. The van der Waals surface area contributed by atoms with Crippen molar-refractivity contribution in [2.45, 2.75) is 6.18 Å². The van der Waals surface area contributed by atoms with Crippen molar-refractivity contribution in [3.8, 4) is 0 Å². The third kappa shape index (κ3) is 3.41. The highest BCUT2D eigenvalue weighted by molar-refractivity contribution is 6.02. The summed E-state index contributed by atoms with van der Waals surface area (Å²) >= 11 is 0. The standard InChI is InChI=1S/C13H10F3N3O2/c14-13(15,16)8-6-7(4-5-9(8)17)18-12(21)10-2-1-3-11(20)19-10/h1-6H,17H2,(H,18,21)(H,19,20). The number of anilines is 2. The number of H-pyrrole nitrogens is 1. The van der Waals surface area contributed by atoms with E-state index in [0.29, 0.717) is 0 Å². The van der Waals surface area contributed by atoms with Crippen molar-refractivity contribution in [2.75, 3.05) is 11.1 Å². The van der Waals surface area contributed by atoms with Gasteiger partial charge in [-0.05, 0) is 24.3 Å². The van der Waals surface area contributed by atoms with E-state index < -0.39 is 28.9 Å². The summed E-state index contributed by atoms with van der Waals surface area (Å²) in [7, 11) is 0. The van der Waals surface area contributed by atoms with Crippen LogP contribution in [-0.4, -0.2) is 10.9 Å². The molecule has 1 aromatic heterocycles. The van der Waals surface area contributed by atoms with Crippen LogP contribution in [-0.2, 0) is 6.18 Å². The van der Waals surface area contributed by atoms with Gasteiger partial charge in [0.15, 0.2) is 0 Å². The smallest absolute Gasteiger partial charge is 0.398 e. The number of hydrogen-bond acceptors (Lipinski definition) is 3. The Bertz CT molecular complexity index is 738. The lowest BCUT2D eigenvalue weighted by Crippen LogP contribution is -2.18. The molecule has 110 valence electrons. The molecule has 0 unspecified atom stereocenters. The summed E-state index contributed by atoms with van der Waals surface area (Å²) < 4.78 is 38.1. The summed E-state index contributed by atoms with van der Waals surface area (Å²) in [5, 5.41) is 2.26. The molecule has 0 saturated heterocycles. The molecule has 0 spiro atoms. The van der Waals surface area contributed by atoms with E-state index in [1.165, 1.54) is 24.3 Å². The minimum atomic E-state index is -4.62. The number of nitrogens with one attached hydrogen (secondary N) is 2. The van der Waals surface area contributed by atoms with Gasteiger partial charge >= 0.3 is 6.18 Å². The Morgan fingerprint density at radius 1 is 1.19 bits per heavy atom. The number of nitrogens with two attached hydrogens (primary N) is 1. The fourth-order valence-electron chi connectivity index (χ4n) is 1.66. The average molecular weight is 297 g/mol. The zero-order valence-electron chi connectivity index (χ0n) is 10.5. The Balaban J connectivity index is 2.28. The second-order valence-corrected chi connectivity index (χ2v) is 4.18. The maximum Gasteiger partial charge on any atom is 0.418 e. The van der Waals surface area contributed by atoms with Crippen LogP contribution in [0.5, 0.6) is 0 Å². The second-order valence-electron chi connectivity index (χ2n) is 4.18. The molecule has 4 N–H and O–H groups in total. The number of aromatic nitrogens is 1. The van der Waals surface area contributed by atoms with E-state index in [0.717, 1.165) is 12.1 Å². The summed E-state index contributed by atoms with van der Waals surface area (Å²) in [6.07, 6.45) is -4.62. The molecule has 0 aliphatic rings. The summed E-state index contributed by atoms with van der Waals surface area (Å²) in [6, 6.07) is 6.92. The molecule has 1 aromatic carbocycles. The molecule has 2 aromatic rings. The van der Waals surface area contributed by atoms with E-state index in [2.05, 4.69) is 10.3 Å². The molecule has 0 aliphatic carbocycles. The number of alkyl halides is 3. The Kier molecular flexibility index (Phi) is 3.70. The monoisotopic (exact) mass is 297 g/mol. The van der Waals surface area contributed by atoms with Gasteiger partial charge in [-0.3, -0.25) is 9.59 Å². The highest BCUT2D eigenvalue weighted by Gasteiger charge is 2.33. The topological polar surface area (TPSA) is 88.0 Å². The molecule has 5 nitrogen and oxygen atoms in total. The van der Waals surface area contributed by atoms with Crippen molar-refractivity contribution in [1.29, 1.82) is 0 Å². The van der Waals surface area contributed by atoms with Gasteiger partial charge in [0.25, 0.3) is 5.91 Å². The van der Waals surface area contributed by atoms with Gasteiger partial charge in [0.1, 0.15) is 5.69 Å².